The van der Waals surface area contributed by atoms with E-state index in [0.717, 1.165) is 82.6 Å². The highest BCUT2D eigenvalue weighted by Crippen LogP contribution is 2.41. The molecule has 0 spiro atoms. The van der Waals surface area contributed by atoms with Gasteiger partial charge in [0.05, 0.1) is 12.1 Å². The standard InChI is InChI=1S/C37H52F3N8OP/c1-7-26(2)30(22-37(38,39)40)20-34-28(4)42-25-43-36(34)44-31-10-12-46(13-11-31)24-29-8-9-35-33(27(29)3)21-32(23-41)48(35)19-16-45-14-17-47(18-15-45)50(5,6)49/h8-9,20-21,25-26,31H,7,10-19,22,24H2,1-6H3,(H,42,43,44)/b30-20-. The molecule has 1 atom stereocenters. The molecule has 3 aromatic rings. The van der Waals surface area contributed by atoms with Crippen molar-refractivity contribution >= 4 is 30.1 Å². The number of likely N-dealkylation sites (tertiary alicyclic amines) is 1. The third-order valence-corrected chi connectivity index (χ3v) is 12.4. The summed E-state index contributed by atoms with van der Waals surface area (Å²) in [6.45, 7) is 18.8. The van der Waals surface area contributed by atoms with Gasteiger partial charge in [0.1, 0.15) is 31.2 Å². The van der Waals surface area contributed by atoms with Crippen molar-refractivity contribution < 1.29 is 17.7 Å². The molecule has 272 valence electrons. The maximum atomic E-state index is 13.4. The van der Waals surface area contributed by atoms with Gasteiger partial charge in [-0.2, -0.15) is 18.4 Å². The highest BCUT2D eigenvalue weighted by molar-refractivity contribution is 7.59. The van der Waals surface area contributed by atoms with Gasteiger partial charge in [-0.15, -0.1) is 0 Å². The van der Waals surface area contributed by atoms with Gasteiger partial charge < -0.3 is 14.4 Å². The minimum atomic E-state index is -4.28. The summed E-state index contributed by atoms with van der Waals surface area (Å²) < 4.78 is 57.0. The van der Waals surface area contributed by atoms with E-state index in [0.29, 0.717) is 34.8 Å². The molecule has 2 aliphatic heterocycles. The van der Waals surface area contributed by atoms with Crippen molar-refractivity contribution in [3.05, 3.63) is 58.2 Å². The summed E-state index contributed by atoms with van der Waals surface area (Å²) in [5.74, 6) is 0.388. The SMILES string of the molecule is CCC(C)/C(=C\c1c(C)ncnc1NC1CCN(Cc2ccc3c(cc(C#N)n3CCN3CCN(P(C)(C)=O)CC3)c2C)CC1)CC(F)(F)F. The molecule has 0 bridgehead atoms. The highest BCUT2D eigenvalue weighted by Gasteiger charge is 2.31. The lowest BCUT2D eigenvalue weighted by Crippen LogP contribution is -2.45. The van der Waals surface area contributed by atoms with Crippen LogP contribution in [0, 0.1) is 31.1 Å². The molecule has 13 heteroatoms. The first-order chi connectivity index (χ1) is 23.7. The number of aromatic nitrogens is 3. The van der Waals surface area contributed by atoms with Crippen molar-refractivity contribution in [1.29, 1.82) is 5.26 Å². The van der Waals surface area contributed by atoms with Crippen LogP contribution in [0.2, 0.25) is 0 Å². The van der Waals surface area contributed by atoms with E-state index in [1.54, 1.807) is 6.08 Å². The highest BCUT2D eigenvalue weighted by atomic mass is 31.2. The molecule has 2 aromatic heterocycles. The maximum absolute atomic E-state index is 13.4. The Hall–Kier alpha value is -3.23. The Kier molecular flexibility index (Phi) is 12.1. The molecule has 0 amide bonds. The van der Waals surface area contributed by atoms with Crippen molar-refractivity contribution in [3.8, 4) is 6.07 Å². The van der Waals surface area contributed by atoms with Gasteiger partial charge in [0.25, 0.3) is 0 Å². The maximum Gasteiger partial charge on any atom is 0.392 e. The molecule has 1 unspecified atom stereocenters. The van der Waals surface area contributed by atoms with Crippen molar-refractivity contribution in [2.75, 3.05) is 64.5 Å². The number of aryl methyl sites for hydroxylation is 2. The molecule has 2 fully saturated rings. The van der Waals surface area contributed by atoms with Gasteiger partial charge >= 0.3 is 6.18 Å². The van der Waals surface area contributed by atoms with Gasteiger partial charge in [-0.3, -0.25) is 14.5 Å². The Morgan fingerprint density at radius 3 is 2.40 bits per heavy atom. The van der Waals surface area contributed by atoms with Crippen molar-refractivity contribution in [2.45, 2.75) is 78.7 Å². The van der Waals surface area contributed by atoms with E-state index in [2.05, 4.69) is 59.4 Å². The van der Waals surface area contributed by atoms with Crippen LogP contribution in [0.3, 0.4) is 0 Å². The van der Waals surface area contributed by atoms with Crippen molar-refractivity contribution in [3.63, 3.8) is 0 Å². The topological polar surface area (TPSA) is 93.3 Å². The number of rotatable bonds is 12. The second-order valence-corrected chi connectivity index (χ2v) is 17.6. The first kappa shape index (κ1) is 38.0. The number of piperazine rings is 1. The summed E-state index contributed by atoms with van der Waals surface area (Å²) in [4.78, 5) is 13.6. The van der Waals surface area contributed by atoms with E-state index in [4.69, 9.17) is 0 Å². The van der Waals surface area contributed by atoms with Gasteiger partial charge in [0, 0.05) is 94.7 Å². The normalized spacial score (nSPS) is 18.4. The number of nitrogens with one attached hydrogen (secondary N) is 1. The number of anilines is 1. The zero-order valence-electron chi connectivity index (χ0n) is 30.4. The molecule has 0 radical (unpaired) electrons. The van der Waals surface area contributed by atoms with Gasteiger partial charge in [0.15, 0.2) is 0 Å². The second kappa shape index (κ2) is 16.0. The zero-order chi connectivity index (χ0) is 36.2. The number of hydrogen-bond donors (Lipinski definition) is 1. The van der Waals surface area contributed by atoms with Crippen LogP contribution < -0.4 is 5.32 Å². The number of nitrogens with zero attached hydrogens (tertiary/aromatic N) is 7. The van der Waals surface area contributed by atoms with E-state index in [1.165, 1.54) is 17.5 Å². The number of hydrogen-bond acceptors (Lipinski definition) is 7. The molecular formula is C37H52F3N8OP. The van der Waals surface area contributed by atoms with Crippen LogP contribution in [0.1, 0.15) is 67.6 Å². The third kappa shape index (κ3) is 9.35. The predicted octanol–water partition coefficient (Wildman–Crippen LogP) is 7.53. The predicted molar refractivity (Wildman–Crippen MR) is 196 cm³/mol. The Morgan fingerprint density at radius 1 is 1.08 bits per heavy atom. The molecule has 9 nitrogen and oxygen atoms in total. The summed E-state index contributed by atoms with van der Waals surface area (Å²) in [5, 5.41) is 14.6. The number of nitriles is 1. The summed E-state index contributed by atoms with van der Waals surface area (Å²) in [6.07, 6.45) is 0.284. The number of alkyl halides is 3. The van der Waals surface area contributed by atoms with Gasteiger partial charge in [0.2, 0.25) is 0 Å². The van der Waals surface area contributed by atoms with Crippen molar-refractivity contribution in [1.82, 2.24) is 29.0 Å². The average molecular weight is 713 g/mol. The molecule has 2 saturated heterocycles. The fraction of sp³-hybridized carbons (Fsp3) is 0.595. The van der Waals surface area contributed by atoms with Gasteiger partial charge in [-0.05, 0) is 68.4 Å². The quantitative estimate of drug-likeness (QED) is 0.193. The zero-order valence-corrected chi connectivity index (χ0v) is 31.2. The van der Waals surface area contributed by atoms with Crippen molar-refractivity contribution in [2.24, 2.45) is 5.92 Å². The Morgan fingerprint density at radius 2 is 1.78 bits per heavy atom. The molecule has 5 rings (SSSR count). The monoisotopic (exact) mass is 712 g/mol. The number of benzene rings is 1. The molecule has 1 N–H and O–H groups in total. The van der Waals surface area contributed by atoms with Crippen LogP contribution in [-0.4, -0.2) is 100 Å². The molecule has 0 aliphatic carbocycles. The van der Waals surface area contributed by atoms with E-state index >= 15 is 0 Å². The van der Waals surface area contributed by atoms with Gasteiger partial charge in [-0.25, -0.2) is 9.97 Å². The summed E-state index contributed by atoms with van der Waals surface area (Å²) >= 11 is 0. The van der Waals surface area contributed by atoms with E-state index in [-0.39, 0.29) is 12.0 Å². The van der Waals surface area contributed by atoms with E-state index in [1.807, 2.05) is 40.2 Å². The van der Waals surface area contributed by atoms with E-state index in [9.17, 15) is 23.0 Å². The second-order valence-electron chi connectivity index (χ2n) is 14.4. The average Bonchev–Trinajstić information content (AvgIpc) is 3.44. The Bertz CT molecular complexity index is 1760. The number of fused-ring (bicyclic) bond motifs is 1. The molecular weight excluding hydrogens is 660 g/mol. The van der Waals surface area contributed by atoms with Crippen LogP contribution in [0.25, 0.3) is 17.0 Å². The molecule has 4 heterocycles. The van der Waals surface area contributed by atoms with Crippen LogP contribution in [0.4, 0.5) is 19.0 Å². The third-order valence-electron chi connectivity index (χ3n) is 10.6. The number of piperidine rings is 1. The Labute approximate surface area is 295 Å². The smallest absolute Gasteiger partial charge is 0.367 e. The lowest BCUT2D eigenvalue weighted by atomic mass is 9.93. The first-order valence-electron chi connectivity index (χ1n) is 17.8. The van der Waals surface area contributed by atoms with Crippen LogP contribution in [0.5, 0.6) is 0 Å². The molecule has 50 heavy (non-hydrogen) atoms. The number of allylic oxidation sites excluding steroid dienone is 1. The summed E-state index contributed by atoms with van der Waals surface area (Å²) in [7, 11) is -2.22. The van der Waals surface area contributed by atoms with Crippen LogP contribution in [-0.2, 0) is 17.7 Å². The Balaban J connectivity index is 1.22. The minimum absolute atomic E-state index is 0.148. The van der Waals surface area contributed by atoms with Gasteiger partial charge in [-0.1, -0.05) is 25.5 Å². The summed E-state index contributed by atoms with van der Waals surface area (Å²) in [6, 6.07) is 8.91. The molecule has 0 saturated carbocycles. The summed E-state index contributed by atoms with van der Waals surface area (Å²) in [5.41, 5.74) is 5.82. The lowest BCUT2D eigenvalue weighted by molar-refractivity contribution is -0.128. The minimum Gasteiger partial charge on any atom is -0.367 e. The van der Waals surface area contributed by atoms with Crippen LogP contribution >= 0.6 is 7.29 Å². The van der Waals surface area contributed by atoms with E-state index < -0.39 is 19.9 Å². The lowest BCUT2D eigenvalue weighted by Gasteiger charge is -2.36. The molecule has 2 aliphatic rings. The molecule has 1 aromatic carbocycles. The fourth-order valence-electron chi connectivity index (χ4n) is 7.20. The fourth-order valence-corrected chi connectivity index (χ4v) is 8.34. The van der Waals surface area contributed by atoms with Crippen LogP contribution in [0.15, 0.2) is 30.1 Å². The first-order valence-corrected chi connectivity index (χ1v) is 20.3. The largest absolute Gasteiger partial charge is 0.392 e. The number of halogens is 3.